The van der Waals surface area contributed by atoms with Gasteiger partial charge in [0.1, 0.15) is 0 Å². The molecule has 6 aromatic rings. The fourth-order valence-electron chi connectivity index (χ4n) is 4.00. The smallest absolute Gasteiger partial charge is 0.155 e. The Labute approximate surface area is 234 Å². The summed E-state index contributed by atoms with van der Waals surface area (Å²) in [5, 5.41) is 12.7. The zero-order valence-corrected chi connectivity index (χ0v) is 23.9. The second kappa shape index (κ2) is 12.9. The van der Waals surface area contributed by atoms with Crippen molar-refractivity contribution in [3.8, 4) is 0 Å². The number of aliphatic hydroxyl groups excluding tert-OH is 1. The molecule has 0 saturated carbocycles. The number of aryl methyl sites for hydroxylation is 2. The van der Waals surface area contributed by atoms with Gasteiger partial charge < -0.3 is 15.1 Å². The maximum atomic E-state index is 10.0. The number of aliphatic hydroxyl groups is 1. The predicted octanol–water partition coefficient (Wildman–Crippen LogP) is 6.82. The van der Waals surface area contributed by atoms with Crippen LogP contribution in [0, 0.1) is 26.0 Å². The van der Waals surface area contributed by atoms with E-state index in [4.69, 9.17) is 5.11 Å². The number of nitrogens with zero attached hydrogens (tertiary/aromatic N) is 4. The van der Waals surface area contributed by atoms with Crippen molar-refractivity contribution < 1.29 is 30.0 Å². The molecule has 0 aliphatic rings. The number of rotatable bonds is 1. The van der Waals surface area contributed by atoms with E-state index in [9.17, 15) is 4.79 Å². The van der Waals surface area contributed by atoms with Crippen molar-refractivity contribution in [1.82, 2.24) is 19.9 Å². The zero-order chi connectivity index (χ0) is 26.4. The van der Waals surface area contributed by atoms with E-state index in [1.165, 1.54) is 19.9 Å². The van der Waals surface area contributed by atoms with Gasteiger partial charge in [-0.3, -0.25) is 14.8 Å². The van der Waals surface area contributed by atoms with Crippen molar-refractivity contribution in [3.05, 3.63) is 108 Å². The number of pyridine rings is 4. The molecular weight excluding hydrogens is 653 g/mol. The van der Waals surface area contributed by atoms with Gasteiger partial charge in [-0.25, -0.2) is 0 Å². The van der Waals surface area contributed by atoms with Crippen LogP contribution in [0.1, 0.15) is 25.2 Å². The molecule has 0 fully saturated rings. The quantitative estimate of drug-likeness (QED) is 0.0890. The third-order valence-corrected chi connectivity index (χ3v) is 5.53. The van der Waals surface area contributed by atoms with E-state index in [1.807, 2.05) is 62.4 Å². The first-order valence-corrected chi connectivity index (χ1v) is 11.8. The van der Waals surface area contributed by atoms with E-state index in [1.54, 1.807) is 12.4 Å². The molecule has 1 N–H and O–H groups in total. The summed E-state index contributed by atoms with van der Waals surface area (Å²) in [4.78, 5) is 27.8. The Morgan fingerprint density at radius 3 is 1.58 bits per heavy atom. The summed E-state index contributed by atoms with van der Waals surface area (Å²) in [7, 11) is 0. The number of hydrogen-bond donors (Lipinski definition) is 1. The van der Waals surface area contributed by atoms with Gasteiger partial charge in [0.05, 0.1) is 5.76 Å². The third kappa shape index (κ3) is 6.62. The first-order valence-electron chi connectivity index (χ1n) is 11.8. The molecule has 0 aliphatic carbocycles. The van der Waals surface area contributed by atoms with Gasteiger partial charge in [-0.05, 0) is 52.0 Å². The van der Waals surface area contributed by atoms with Crippen molar-refractivity contribution in [2.45, 2.75) is 27.7 Å². The molecule has 6 rings (SSSR count). The Kier molecular flexibility index (Phi) is 9.72. The largest absolute Gasteiger partial charge is 0.512 e. The summed E-state index contributed by atoms with van der Waals surface area (Å²) in [6, 6.07) is 26.1. The van der Waals surface area contributed by atoms with E-state index in [0.717, 1.165) is 55.0 Å². The average Bonchev–Trinajstić information content (AvgIpc) is 2.89. The molecule has 0 amide bonds. The Morgan fingerprint density at radius 1 is 0.763 bits per heavy atom. The van der Waals surface area contributed by atoms with Crippen LogP contribution in [0.4, 0.5) is 0 Å². The second-order valence-corrected chi connectivity index (χ2v) is 8.45. The van der Waals surface area contributed by atoms with Gasteiger partial charge >= 0.3 is 0 Å². The van der Waals surface area contributed by atoms with Crippen molar-refractivity contribution in [2.75, 3.05) is 0 Å². The normalized spacial score (nSPS) is 10.8. The SMILES string of the molecule is CC(=O)/C=C(/C)O.Cc1nc2cccnc2c2[c-]cccc12.Cc1nc2cccnc2c2[c-]cccc12.[Ir]. The minimum absolute atomic E-state index is 0. The van der Waals surface area contributed by atoms with Gasteiger partial charge in [0, 0.05) is 72.0 Å². The monoisotopic (exact) mass is 679 g/mol. The van der Waals surface area contributed by atoms with Gasteiger partial charge in [-0.1, -0.05) is 10.8 Å². The molecule has 0 atom stereocenters. The third-order valence-electron chi connectivity index (χ3n) is 5.53. The summed E-state index contributed by atoms with van der Waals surface area (Å²) >= 11 is 0. The van der Waals surface area contributed by atoms with Crippen molar-refractivity contribution in [3.63, 3.8) is 0 Å². The van der Waals surface area contributed by atoms with E-state index in [2.05, 4.69) is 44.2 Å². The Balaban J connectivity index is 0.000000167. The molecule has 4 aromatic heterocycles. The standard InChI is InChI=1S/2C13H9N2.C5H8O2.Ir/c2*1-9-10-5-2-3-6-11(10)13-12(15-9)7-4-8-14-13;1-4(6)3-5(2)7;/h2*2-5,7-8H,1H3;3,6H,1-2H3;/q2*-1;;/b;;4-3-;. The Bertz CT molecular complexity index is 1650. The van der Waals surface area contributed by atoms with Crippen molar-refractivity contribution in [1.29, 1.82) is 0 Å². The maximum Gasteiger partial charge on any atom is 0.155 e. The topological polar surface area (TPSA) is 88.9 Å². The maximum absolute atomic E-state index is 10.0. The molecule has 0 saturated heterocycles. The predicted molar refractivity (Wildman–Crippen MR) is 148 cm³/mol. The summed E-state index contributed by atoms with van der Waals surface area (Å²) in [5.41, 5.74) is 5.79. The van der Waals surface area contributed by atoms with Gasteiger partial charge in [0.15, 0.2) is 5.78 Å². The van der Waals surface area contributed by atoms with Crippen LogP contribution in [-0.2, 0) is 24.9 Å². The fourth-order valence-corrected chi connectivity index (χ4v) is 4.00. The molecule has 2 aromatic carbocycles. The summed E-state index contributed by atoms with van der Waals surface area (Å²) < 4.78 is 0. The number of aromatic nitrogens is 4. The van der Waals surface area contributed by atoms with E-state index < -0.39 is 0 Å². The van der Waals surface area contributed by atoms with Gasteiger partial charge in [0.25, 0.3) is 0 Å². The van der Waals surface area contributed by atoms with Crippen LogP contribution < -0.4 is 0 Å². The molecule has 0 unspecified atom stereocenters. The van der Waals surface area contributed by atoms with Crippen molar-refractivity contribution in [2.24, 2.45) is 0 Å². The van der Waals surface area contributed by atoms with Crippen LogP contribution >= 0.6 is 0 Å². The minimum atomic E-state index is -0.125. The second-order valence-electron chi connectivity index (χ2n) is 8.45. The zero-order valence-electron chi connectivity index (χ0n) is 21.5. The molecule has 0 aliphatic heterocycles. The number of carbonyl (C=O) groups excluding carboxylic acids is 1. The van der Waals surface area contributed by atoms with Crippen LogP contribution in [0.3, 0.4) is 0 Å². The number of ketones is 1. The van der Waals surface area contributed by atoms with E-state index >= 15 is 0 Å². The molecule has 7 heteroatoms. The number of hydrogen-bond acceptors (Lipinski definition) is 6. The molecule has 6 nitrogen and oxygen atoms in total. The molecule has 4 heterocycles. The molecule has 0 spiro atoms. The summed E-state index contributed by atoms with van der Waals surface area (Å²) in [6.07, 6.45) is 4.75. The number of allylic oxidation sites excluding steroid dienone is 2. The van der Waals surface area contributed by atoms with Crippen LogP contribution in [0.15, 0.2) is 84.9 Å². The van der Waals surface area contributed by atoms with Gasteiger partial charge in [-0.15, -0.1) is 59.3 Å². The number of benzene rings is 2. The van der Waals surface area contributed by atoms with E-state index in [-0.39, 0.29) is 31.6 Å². The number of fused-ring (bicyclic) bond motifs is 6. The Morgan fingerprint density at radius 2 is 1.21 bits per heavy atom. The van der Waals surface area contributed by atoms with Gasteiger partial charge in [-0.2, -0.15) is 0 Å². The molecule has 38 heavy (non-hydrogen) atoms. The number of carbonyl (C=O) groups is 1. The molecule has 1 radical (unpaired) electrons. The molecule has 0 bridgehead atoms. The van der Waals surface area contributed by atoms with Crippen LogP contribution in [0.25, 0.3) is 43.6 Å². The average molecular weight is 679 g/mol. The molecular formula is C31H26IrN4O2-2. The first kappa shape index (κ1) is 28.5. The minimum Gasteiger partial charge on any atom is -0.512 e. The van der Waals surface area contributed by atoms with Crippen LogP contribution in [0.5, 0.6) is 0 Å². The summed E-state index contributed by atoms with van der Waals surface area (Å²) in [5.74, 6) is -0.0625. The molecule has 193 valence electrons. The van der Waals surface area contributed by atoms with Crippen LogP contribution in [-0.4, -0.2) is 30.8 Å². The Hall–Kier alpha value is -4.06. The van der Waals surface area contributed by atoms with Crippen LogP contribution in [0.2, 0.25) is 0 Å². The van der Waals surface area contributed by atoms with Gasteiger partial charge in [0.2, 0.25) is 0 Å². The van der Waals surface area contributed by atoms with Crippen molar-refractivity contribution >= 4 is 49.4 Å². The summed E-state index contributed by atoms with van der Waals surface area (Å²) in [6.45, 7) is 6.88. The van der Waals surface area contributed by atoms with E-state index in [0.29, 0.717) is 0 Å². The first-order chi connectivity index (χ1) is 17.8. The fraction of sp³-hybridized carbons (Fsp3) is 0.129.